The molecule has 1 aliphatic heterocycles. The number of carboxylic acids is 1. The van der Waals surface area contributed by atoms with Crippen LogP contribution < -0.4 is 5.32 Å². The number of alkyl halides is 3. The number of halogens is 3. The molecule has 1 heterocycles. The van der Waals surface area contributed by atoms with Crippen LogP contribution in [0.4, 0.5) is 13.2 Å². The molecular formula is C6H8F3NO2. The summed E-state index contributed by atoms with van der Waals surface area (Å²) in [6.07, 6.45) is -0.466. The Bertz CT molecular complexity index is 201. The Morgan fingerprint density at radius 2 is 2.17 bits per heavy atom. The molecule has 2 N–H and O–H groups in total. The van der Waals surface area contributed by atoms with E-state index in [1.807, 2.05) is 0 Å². The van der Waals surface area contributed by atoms with Crippen LogP contribution in [0, 0.1) is 0 Å². The second-order valence-corrected chi connectivity index (χ2v) is 2.77. The van der Waals surface area contributed by atoms with Gasteiger partial charge in [0.2, 0.25) is 0 Å². The predicted molar refractivity (Wildman–Crippen MR) is 33.9 cm³/mol. The SMILES string of the molecule is O=C(O)C(F)(F)C1(F)CCNC1. The first-order valence-corrected chi connectivity index (χ1v) is 3.41. The molecular weight excluding hydrogens is 175 g/mol. The van der Waals surface area contributed by atoms with Crippen molar-refractivity contribution in [1.29, 1.82) is 0 Å². The molecule has 1 unspecified atom stereocenters. The molecule has 3 nitrogen and oxygen atoms in total. The fraction of sp³-hybridized carbons (Fsp3) is 0.833. The van der Waals surface area contributed by atoms with Gasteiger partial charge in [0.25, 0.3) is 0 Å². The van der Waals surface area contributed by atoms with Crippen LogP contribution in [0.5, 0.6) is 0 Å². The first-order chi connectivity index (χ1) is 5.40. The molecule has 0 radical (unpaired) electrons. The van der Waals surface area contributed by atoms with Crippen molar-refractivity contribution in [2.75, 3.05) is 13.1 Å². The Morgan fingerprint density at radius 3 is 2.50 bits per heavy atom. The molecule has 1 aliphatic rings. The van der Waals surface area contributed by atoms with Crippen LogP contribution in [0.1, 0.15) is 6.42 Å². The van der Waals surface area contributed by atoms with Crippen LogP contribution in [0.3, 0.4) is 0 Å². The fourth-order valence-corrected chi connectivity index (χ4v) is 1.12. The molecule has 0 aromatic rings. The van der Waals surface area contributed by atoms with Crippen LogP contribution in [0.2, 0.25) is 0 Å². The van der Waals surface area contributed by atoms with Crippen LogP contribution in [0.15, 0.2) is 0 Å². The van der Waals surface area contributed by atoms with Gasteiger partial charge in [-0.2, -0.15) is 8.78 Å². The van der Waals surface area contributed by atoms with Crippen LogP contribution in [0.25, 0.3) is 0 Å². The summed E-state index contributed by atoms with van der Waals surface area (Å²) in [6, 6.07) is 0. The minimum Gasteiger partial charge on any atom is -0.477 e. The maximum atomic E-state index is 13.1. The Hall–Kier alpha value is -0.780. The van der Waals surface area contributed by atoms with E-state index in [0.717, 1.165) is 0 Å². The Labute approximate surface area is 66.6 Å². The van der Waals surface area contributed by atoms with Crippen molar-refractivity contribution in [1.82, 2.24) is 5.32 Å². The van der Waals surface area contributed by atoms with E-state index < -0.39 is 30.5 Å². The molecule has 12 heavy (non-hydrogen) atoms. The van der Waals surface area contributed by atoms with E-state index in [-0.39, 0.29) is 6.54 Å². The van der Waals surface area contributed by atoms with E-state index in [4.69, 9.17) is 5.11 Å². The molecule has 0 bridgehead atoms. The summed E-state index contributed by atoms with van der Waals surface area (Å²) in [4.78, 5) is 10.00. The zero-order valence-corrected chi connectivity index (χ0v) is 6.11. The van der Waals surface area contributed by atoms with Crippen molar-refractivity contribution in [2.45, 2.75) is 18.0 Å². The maximum absolute atomic E-state index is 13.1. The minimum atomic E-state index is -4.30. The molecule has 0 aliphatic carbocycles. The number of rotatable bonds is 2. The summed E-state index contributed by atoms with van der Waals surface area (Å²) in [5, 5.41) is 10.4. The highest BCUT2D eigenvalue weighted by molar-refractivity contribution is 5.77. The lowest BCUT2D eigenvalue weighted by Gasteiger charge is -2.24. The van der Waals surface area contributed by atoms with Crippen molar-refractivity contribution in [3.63, 3.8) is 0 Å². The van der Waals surface area contributed by atoms with E-state index in [1.54, 1.807) is 0 Å². The summed E-state index contributed by atoms with van der Waals surface area (Å²) >= 11 is 0. The van der Waals surface area contributed by atoms with Crippen molar-refractivity contribution in [3.8, 4) is 0 Å². The molecule has 1 saturated heterocycles. The van der Waals surface area contributed by atoms with E-state index in [1.165, 1.54) is 0 Å². The van der Waals surface area contributed by atoms with E-state index >= 15 is 0 Å². The molecule has 1 atom stereocenters. The zero-order chi connectivity index (χ0) is 9.41. The van der Waals surface area contributed by atoms with Gasteiger partial charge in [0, 0.05) is 13.0 Å². The second-order valence-electron chi connectivity index (χ2n) is 2.77. The third-order valence-electron chi connectivity index (χ3n) is 1.93. The summed E-state index contributed by atoms with van der Waals surface area (Å²) in [5.74, 6) is -6.70. The number of carboxylic acid groups (broad SMARTS) is 1. The molecule has 1 rings (SSSR count). The standard InChI is InChI=1S/C6H8F3NO2/c7-5(1-2-10-3-5)6(8,9)4(11)12/h10H,1-3H2,(H,11,12). The highest BCUT2D eigenvalue weighted by atomic mass is 19.3. The van der Waals surface area contributed by atoms with E-state index in [2.05, 4.69) is 5.32 Å². The predicted octanol–water partition coefficient (Wildman–Crippen LogP) is 0.408. The van der Waals surface area contributed by atoms with Crippen molar-refractivity contribution >= 4 is 5.97 Å². The molecule has 0 amide bonds. The number of carbonyl (C=O) groups is 1. The minimum absolute atomic E-state index is 0.0827. The van der Waals surface area contributed by atoms with Crippen molar-refractivity contribution in [2.24, 2.45) is 0 Å². The van der Waals surface area contributed by atoms with Gasteiger partial charge in [0.15, 0.2) is 5.67 Å². The largest absolute Gasteiger partial charge is 0.477 e. The van der Waals surface area contributed by atoms with Gasteiger partial charge in [-0.15, -0.1) is 0 Å². The lowest BCUT2D eigenvalue weighted by atomic mass is 9.97. The first-order valence-electron chi connectivity index (χ1n) is 3.41. The third kappa shape index (κ3) is 1.16. The maximum Gasteiger partial charge on any atom is 0.378 e. The van der Waals surface area contributed by atoms with Crippen LogP contribution >= 0.6 is 0 Å². The highest BCUT2D eigenvalue weighted by Gasteiger charge is 2.61. The molecule has 0 spiro atoms. The topological polar surface area (TPSA) is 49.3 Å². The number of hydrogen-bond acceptors (Lipinski definition) is 2. The number of aliphatic carboxylic acids is 1. The molecule has 6 heteroatoms. The van der Waals surface area contributed by atoms with Crippen LogP contribution in [-0.4, -0.2) is 35.8 Å². The zero-order valence-electron chi connectivity index (χ0n) is 6.11. The van der Waals surface area contributed by atoms with Gasteiger partial charge in [0.1, 0.15) is 0 Å². The smallest absolute Gasteiger partial charge is 0.378 e. The summed E-state index contributed by atoms with van der Waals surface area (Å²) in [6.45, 7) is -0.522. The Balaban J connectivity index is 2.85. The quantitative estimate of drug-likeness (QED) is 0.651. The second kappa shape index (κ2) is 2.62. The highest BCUT2D eigenvalue weighted by Crippen LogP contribution is 2.37. The van der Waals surface area contributed by atoms with Crippen molar-refractivity contribution in [3.05, 3.63) is 0 Å². The van der Waals surface area contributed by atoms with Gasteiger partial charge in [-0.1, -0.05) is 0 Å². The molecule has 1 fully saturated rings. The monoisotopic (exact) mass is 183 g/mol. The molecule has 0 aromatic heterocycles. The molecule has 0 aromatic carbocycles. The van der Waals surface area contributed by atoms with Gasteiger partial charge < -0.3 is 10.4 Å². The number of nitrogens with one attached hydrogen (secondary N) is 1. The third-order valence-corrected chi connectivity index (χ3v) is 1.93. The summed E-state index contributed by atoms with van der Waals surface area (Å²) < 4.78 is 38.4. The lowest BCUT2D eigenvalue weighted by Crippen LogP contribution is -2.51. The summed E-state index contributed by atoms with van der Waals surface area (Å²) in [7, 11) is 0. The van der Waals surface area contributed by atoms with Gasteiger partial charge in [0.05, 0.1) is 0 Å². The number of hydrogen-bond donors (Lipinski definition) is 2. The van der Waals surface area contributed by atoms with Gasteiger partial charge in [-0.25, -0.2) is 9.18 Å². The first kappa shape index (κ1) is 9.31. The van der Waals surface area contributed by atoms with Gasteiger partial charge in [-0.05, 0) is 6.54 Å². The Morgan fingerprint density at radius 1 is 1.58 bits per heavy atom. The van der Waals surface area contributed by atoms with Crippen LogP contribution in [-0.2, 0) is 4.79 Å². The average molecular weight is 183 g/mol. The van der Waals surface area contributed by atoms with Crippen molar-refractivity contribution < 1.29 is 23.1 Å². The van der Waals surface area contributed by atoms with Gasteiger partial charge in [-0.3, -0.25) is 0 Å². The fourth-order valence-electron chi connectivity index (χ4n) is 1.12. The normalized spacial score (nSPS) is 30.6. The van der Waals surface area contributed by atoms with E-state index in [0.29, 0.717) is 0 Å². The molecule has 70 valence electrons. The Kier molecular flexibility index (Phi) is 2.03. The lowest BCUT2D eigenvalue weighted by molar-refractivity contribution is -0.188. The average Bonchev–Trinajstić information content (AvgIpc) is 2.37. The molecule has 0 saturated carbocycles. The summed E-state index contributed by atoms with van der Waals surface area (Å²) in [5.41, 5.74) is -2.93. The van der Waals surface area contributed by atoms with Gasteiger partial charge >= 0.3 is 11.9 Å². The van der Waals surface area contributed by atoms with E-state index in [9.17, 15) is 18.0 Å².